The molecule has 0 spiro atoms. The summed E-state index contributed by atoms with van der Waals surface area (Å²) in [7, 11) is 0. The van der Waals surface area contributed by atoms with E-state index < -0.39 is 0 Å². The summed E-state index contributed by atoms with van der Waals surface area (Å²) in [6, 6.07) is 16.6. The van der Waals surface area contributed by atoms with Gasteiger partial charge in [0.25, 0.3) is 0 Å². The first-order valence-corrected chi connectivity index (χ1v) is 10.9. The zero-order valence-corrected chi connectivity index (χ0v) is 20.3. The van der Waals surface area contributed by atoms with Crippen LogP contribution in [0.4, 0.5) is 0 Å². The first-order chi connectivity index (χ1) is 14.8. The zero-order chi connectivity index (χ0) is 20.6. The molecule has 7 heteroatoms. The van der Waals surface area contributed by atoms with E-state index in [2.05, 4.69) is 54.0 Å². The van der Waals surface area contributed by atoms with E-state index in [1.807, 2.05) is 12.1 Å². The van der Waals surface area contributed by atoms with Crippen LogP contribution in [0.3, 0.4) is 0 Å². The van der Waals surface area contributed by atoms with Gasteiger partial charge < -0.3 is 24.8 Å². The fourth-order valence-corrected chi connectivity index (χ4v) is 4.01. The van der Waals surface area contributed by atoms with Crippen molar-refractivity contribution in [3.05, 3.63) is 59.7 Å². The Morgan fingerprint density at radius 1 is 1.06 bits per heavy atom. The minimum absolute atomic E-state index is 0. The van der Waals surface area contributed by atoms with Gasteiger partial charge in [0.05, 0.1) is 6.10 Å². The van der Waals surface area contributed by atoms with Crippen molar-refractivity contribution < 1.29 is 14.2 Å². The van der Waals surface area contributed by atoms with E-state index >= 15 is 0 Å². The number of nitrogens with one attached hydrogen (secondary N) is 2. The third-order valence-electron chi connectivity index (χ3n) is 5.54. The first-order valence-electron chi connectivity index (χ1n) is 10.9. The molecule has 6 nitrogen and oxygen atoms in total. The number of guanidine groups is 1. The molecule has 0 radical (unpaired) electrons. The van der Waals surface area contributed by atoms with Crippen LogP contribution in [0.2, 0.25) is 0 Å². The largest absolute Gasteiger partial charge is 0.454 e. The van der Waals surface area contributed by atoms with Gasteiger partial charge in [-0.25, -0.2) is 0 Å². The lowest BCUT2D eigenvalue weighted by atomic mass is 9.89. The van der Waals surface area contributed by atoms with E-state index in [1.54, 1.807) is 0 Å². The maximum absolute atomic E-state index is 6.11. The van der Waals surface area contributed by atoms with Crippen molar-refractivity contribution in [2.75, 3.05) is 33.0 Å². The van der Waals surface area contributed by atoms with Crippen molar-refractivity contribution in [1.29, 1.82) is 0 Å². The highest BCUT2D eigenvalue weighted by Gasteiger charge is 2.27. The Hall–Kier alpha value is -2.00. The van der Waals surface area contributed by atoms with Crippen LogP contribution in [0.15, 0.2) is 53.5 Å². The van der Waals surface area contributed by atoms with Crippen LogP contribution in [0.1, 0.15) is 37.0 Å². The molecule has 1 saturated heterocycles. The molecule has 2 aromatic rings. The molecule has 0 saturated carbocycles. The van der Waals surface area contributed by atoms with Crippen LogP contribution < -0.4 is 20.1 Å². The molecule has 2 heterocycles. The van der Waals surface area contributed by atoms with Gasteiger partial charge in [0.15, 0.2) is 17.5 Å². The Morgan fingerprint density at radius 2 is 1.90 bits per heavy atom. The number of rotatable bonds is 7. The van der Waals surface area contributed by atoms with E-state index in [0.29, 0.717) is 12.7 Å². The third-order valence-corrected chi connectivity index (χ3v) is 5.54. The number of aliphatic imine (C=N–C) groups is 1. The highest BCUT2D eigenvalue weighted by Crippen LogP contribution is 2.34. The number of ether oxygens (including phenoxy) is 3. The van der Waals surface area contributed by atoms with Crippen LogP contribution in [-0.2, 0) is 11.2 Å². The van der Waals surface area contributed by atoms with E-state index in [1.165, 1.54) is 11.1 Å². The molecule has 168 valence electrons. The first kappa shape index (κ1) is 23.7. The summed E-state index contributed by atoms with van der Waals surface area (Å²) in [4.78, 5) is 4.87. The lowest BCUT2D eigenvalue weighted by Gasteiger charge is -2.31. The second kappa shape index (κ2) is 12.1. The van der Waals surface area contributed by atoms with Crippen LogP contribution in [-0.4, -0.2) is 39.0 Å². The van der Waals surface area contributed by atoms with Crippen LogP contribution in [0.25, 0.3) is 0 Å². The van der Waals surface area contributed by atoms with E-state index in [4.69, 9.17) is 19.2 Å². The van der Waals surface area contributed by atoms with E-state index in [-0.39, 0.29) is 30.1 Å². The Balaban J connectivity index is 0.00000272. The Morgan fingerprint density at radius 3 is 2.74 bits per heavy atom. The van der Waals surface area contributed by atoms with Crippen LogP contribution >= 0.6 is 24.0 Å². The highest BCUT2D eigenvalue weighted by atomic mass is 127. The lowest BCUT2D eigenvalue weighted by Crippen LogP contribution is -2.39. The highest BCUT2D eigenvalue weighted by molar-refractivity contribution is 14.0. The van der Waals surface area contributed by atoms with Gasteiger partial charge in [-0.05, 0) is 49.4 Å². The van der Waals surface area contributed by atoms with E-state index in [0.717, 1.165) is 63.0 Å². The molecular weight excluding hydrogens is 505 g/mol. The average molecular weight is 537 g/mol. The molecule has 2 aliphatic heterocycles. The van der Waals surface area contributed by atoms with Gasteiger partial charge in [0.1, 0.15) is 0 Å². The van der Waals surface area contributed by atoms with Crippen molar-refractivity contribution in [3.63, 3.8) is 0 Å². The number of nitrogens with zero attached hydrogens (tertiary/aromatic N) is 1. The summed E-state index contributed by atoms with van der Waals surface area (Å²) >= 11 is 0. The molecule has 2 aromatic carbocycles. The summed E-state index contributed by atoms with van der Waals surface area (Å²) < 4.78 is 17.0. The van der Waals surface area contributed by atoms with Crippen LogP contribution in [0, 0.1) is 5.92 Å². The van der Waals surface area contributed by atoms with Crippen molar-refractivity contribution in [2.45, 2.75) is 32.3 Å². The topological polar surface area (TPSA) is 64.1 Å². The van der Waals surface area contributed by atoms with Crippen molar-refractivity contribution in [2.24, 2.45) is 10.9 Å². The van der Waals surface area contributed by atoms with Gasteiger partial charge in [-0.15, -0.1) is 24.0 Å². The third kappa shape index (κ3) is 6.49. The quantitative estimate of drug-likeness (QED) is 0.314. The summed E-state index contributed by atoms with van der Waals surface area (Å²) in [5.74, 6) is 2.91. The minimum Gasteiger partial charge on any atom is -0.454 e. The molecule has 0 bridgehead atoms. The predicted molar refractivity (Wildman–Crippen MR) is 134 cm³/mol. The summed E-state index contributed by atoms with van der Waals surface area (Å²) in [6.07, 6.45) is 3.25. The molecule has 0 amide bonds. The maximum Gasteiger partial charge on any atom is 0.231 e. The number of hydrogen-bond donors (Lipinski definition) is 2. The summed E-state index contributed by atoms with van der Waals surface area (Å²) in [5, 5.41) is 6.82. The standard InChI is InChI=1S/C24H31N3O3.HI/c1-2-25-24(26-13-12-18-10-11-21-22(15-18)30-17-29-21)27-16-20-9-6-14-28-23(20)19-7-4-3-5-8-19;/h3-5,7-8,10-11,15,20,23H,2,6,9,12-14,16-17H2,1H3,(H2,25,26,27);1H. The number of fused-ring (bicyclic) bond motifs is 1. The van der Waals surface area contributed by atoms with Crippen molar-refractivity contribution in [1.82, 2.24) is 10.6 Å². The molecule has 2 unspecified atom stereocenters. The molecule has 1 fully saturated rings. The smallest absolute Gasteiger partial charge is 0.231 e. The second-order valence-electron chi connectivity index (χ2n) is 7.69. The molecule has 2 aliphatic rings. The van der Waals surface area contributed by atoms with Gasteiger partial charge in [-0.3, -0.25) is 4.99 Å². The van der Waals surface area contributed by atoms with Gasteiger partial charge >= 0.3 is 0 Å². The number of halogens is 1. The fraction of sp³-hybridized carbons (Fsp3) is 0.458. The van der Waals surface area contributed by atoms with E-state index in [9.17, 15) is 0 Å². The molecular formula is C24H32IN3O3. The number of hydrogen-bond acceptors (Lipinski definition) is 4. The van der Waals surface area contributed by atoms with Gasteiger partial charge in [0, 0.05) is 32.2 Å². The Kier molecular flexibility index (Phi) is 9.27. The Bertz CT molecular complexity index is 847. The SMILES string of the molecule is CCNC(=NCC1CCCOC1c1ccccc1)NCCc1ccc2c(c1)OCO2.I. The van der Waals surface area contributed by atoms with Gasteiger partial charge in [-0.2, -0.15) is 0 Å². The molecule has 31 heavy (non-hydrogen) atoms. The molecule has 2 atom stereocenters. The van der Waals surface area contributed by atoms with Gasteiger partial charge in [-0.1, -0.05) is 36.4 Å². The number of benzene rings is 2. The lowest BCUT2D eigenvalue weighted by molar-refractivity contribution is -0.0250. The summed E-state index contributed by atoms with van der Waals surface area (Å²) in [5.41, 5.74) is 2.46. The fourth-order valence-electron chi connectivity index (χ4n) is 4.01. The van der Waals surface area contributed by atoms with Crippen LogP contribution in [0.5, 0.6) is 11.5 Å². The second-order valence-corrected chi connectivity index (χ2v) is 7.69. The minimum atomic E-state index is 0. The van der Waals surface area contributed by atoms with Crippen molar-refractivity contribution >= 4 is 29.9 Å². The monoisotopic (exact) mass is 537 g/mol. The normalized spacial score (nSPS) is 20.1. The Labute approximate surface area is 201 Å². The molecule has 0 aromatic heterocycles. The molecule has 0 aliphatic carbocycles. The maximum atomic E-state index is 6.11. The zero-order valence-electron chi connectivity index (χ0n) is 18.0. The molecule has 2 N–H and O–H groups in total. The predicted octanol–water partition coefficient (Wildman–Crippen LogP) is 4.30. The average Bonchev–Trinajstić information content (AvgIpc) is 3.26. The molecule has 4 rings (SSSR count). The van der Waals surface area contributed by atoms with Gasteiger partial charge in [0.2, 0.25) is 6.79 Å². The summed E-state index contributed by atoms with van der Waals surface area (Å²) in [6.45, 7) is 5.61. The van der Waals surface area contributed by atoms with Crippen molar-refractivity contribution in [3.8, 4) is 11.5 Å².